The van der Waals surface area contributed by atoms with Crippen LogP contribution in [0.25, 0.3) is 0 Å². The third kappa shape index (κ3) is 5.69. The number of amides is 4. The maximum Gasteiger partial charge on any atom is 0.235 e. The molecule has 0 aliphatic carbocycles. The smallest absolute Gasteiger partial charge is 0.235 e. The second-order valence-corrected chi connectivity index (χ2v) is 5.29. The van der Waals surface area contributed by atoms with Gasteiger partial charge in [-0.3, -0.25) is 40.9 Å². The fourth-order valence-electron chi connectivity index (χ4n) is 2.18. The van der Waals surface area contributed by atoms with E-state index in [9.17, 15) is 19.2 Å². The van der Waals surface area contributed by atoms with Crippen LogP contribution in [-0.2, 0) is 19.2 Å². The van der Waals surface area contributed by atoms with Gasteiger partial charge in [-0.2, -0.15) is 0 Å². The largest absolute Gasteiger partial charge is 0.323 e. The molecular weight excluding hydrogens is 324 g/mol. The van der Waals surface area contributed by atoms with Gasteiger partial charge in [-0.25, -0.2) is 23.4 Å². The molecule has 0 saturated carbocycles. The molecule has 0 spiro atoms. The topological polar surface area (TPSA) is 273 Å². The van der Waals surface area contributed by atoms with Crippen LogP contribution in [0.5, 0.6) is 0 Å². The molecule has 0 aliphatic rings. The first-order valence-corrected chi connectivity index (χ1v) is 6.63. The van der Waals surface area contributed by atoms with Crippen molar-refractivity contribution in [1.82, 2.24) is 21.7 Å². The van der Waals surface area contributed by atoms with E-state index in [0.717, 1.165) is 0 Å². The van der Waals surface area contributed by atoms with Crippen LogP contribution in [0.4, 0.5) is 0 Å². The minimum atomic E-state index is -1.88. The molecule has 24 heavy (non-hydrogen) atoms. The van der Waals surface area contributed by atoms with Gasteiger partial charge in [0.25, 0.3) is 0 Å². The number of nitrogens with two attached hydrogens (primary N) is 6. The van der Waals surface area contributed by atoms with Crippen molar-refractivity contribution in [3.8, 4) is 0 Å². The molecule has 14 heteroatoms. The van der Waals surface area contributed by atoms with Crippen LogP contribution in [0.3, 0.4) is 0 Å². The van der Waals surface area contributed by atoms with E-state index >= 15 is 0 Å². The van der Waals surface area contributed by atoms with Crippen LogP contribution in [0, 0.1) is 0 Å². The Kier molecular flexibility index (Phi) is 8.17. The van der Waals surface area contributed by atoms with E-state index in [1.54, 1.807) is 0 Å². The Hall–Kier alpha value is -2.36. The Labute approximate surface area is 137 Å². The normalized spacial score (nSPS) is 11.4. The average Bonchev–Trinajstić information content (AvgIpc) is 2.53. The first-order chi connectivity index (χ1) is 11.1. The van der Waals surface area contributed by atoms with Crippen LogP contribution in [-0.4, -0.2) is 34.7 Å². The van der Waals surface area contributed by atoms with Gasteiger partial charge in [-0.05, 0) is 0 Å². The Balaban J connectivity index is 5.91. The van der Waals surface area contributed by atoms with Crippen molar-refractivity contribution in [2.24, 2.45) is 34.8 Å². The summed E-state index contributed by atoms with van der Waals surface area (Å²) in [5.74, 6) is 17.0. The highest BCUT2D eigenvalue weighted by atomic mass is 16.2. The van der Waals surface area contributed by atoms with Crippen molar-refractivity contribution < 1.29 is 19.2 Å². The third-order valence-corrected chi connectivity index (χ3v) is 3.54. The monoisotopic (exact) mass is 348 g/mol. The molecule has 0 radical (unpaired) electrons. The SMILES string of the molecule is NNC(=O)CC(N)(CC(=O)NN)C(N)(CC(=O)NN)CC(=O)NN. The zero-order valence-corrected chi connectivity index (χ0v) is 12.9. The van der Waals surface area contributed by atoms with Crippen LogP contribution in [0.15, 0.2) is 0 Å². The summed E-state index contributed by atoms with van der Waals surface area (Å²) in [6.45, 7) is 0. The van der Waals surface area contributed by atoms with Crippen LogP contribution < -0.4 is 56.5 Å². The van der Waals surface area contributed by atoms with Gasteiger partial charge in [0.15, 0.2) is 0 Å². The summed E-state index contributed by atoms with van der Waals surface area (Å²) in [7, 11) is 0. The molecule has 0 bridgehead atoms. The predicted molar refractivity (Wildman–Crippen MR) is 81.6 cm³/mol. The van der Waals surface area contributed by atoms with E-state index in [0.29, 0.717) is 0 Å². The zero-order valence-electron chi connectivity index (χ0n) is 12.9. The highest BCUT2D eigenvalue weighted by Crippen LogP contribution is 2.31. The second-order valence-electron chi connectivity index (χ2n) is 5.29. The Bertz CT molecular complexity index is 416. The summed E-state index contributed by atoms with van der Waals surface area (Å²) in [5.41, 5.74) is 15.8. The van der Waals surface area contributed by atoms with E-state index in [2.05, 4.69) is 0 Å². The second kappa shape index (κ2) is 9.06. The first kappa shape index (κ1) is 21.6. The number of carbonyl (C=O) groups excluding carboxylic acids is 4. The number of rotatable bonds is 9. The van der Waals surface area contributed by atoms with Crippen molar-refractivity contribution in [1.29, 1.82) is 0 Å². The zero-order chi connectivity index (χ0) is 19.0. The molecule has 0 atom stereocenters. The number of hydrogen-bond donors (Lipinski definition) is 10. The van der Waals surface area contributed by atoms with Gasteiger partial charge in [-0.15, -0.1) is 0 Å². The maximum atomic E-state index is 11.7. The van der Waals surface area contributed by atoms with Gasteiger partial charge in [-0.1, -0.05) is 0 Å². The van der Waals surface area contributed by atoms with Gasteiger partial charge in [0.2, 0.25) is 23.6 Å². The Morgan fingerprint density at radius 1 is 0.542 bits per heavy atom. The van der Waals surface area contributed by atoms with E-state index in [1.165, 1.54) is 0 Å². The highest BCUT2D eigenvalue weighted by molar-refractivity contribution is 5.85. The molecule has 0 aromatic carbocycles. The number of hydrogen-bond acceptors (Lipinski definition) is 10. The highest BCUT2D eigenvalue weighted by Gasteiger charge is 2.50. The van der Waals surface area contributed by atoms with E-state index in [4.69, 9.17) is 34.8 Å². The van der Waals surface area contributed by atoms with Gasteiger partial charge in [0.05, 0.1) is 11.1 Å². The summed E-state index contributed by atoms with van der Waals surface area (Å²) >= 11 is 0. The predicted octanol–water partition coefficient (Wildman–Crippen LogP) is -6.10. The first-order valence-electron chi connectivity index (χ1n) is 6.63. The molecule has 0 aromatic rings. The Morgan fingerprint density at radius 3 is 0.833 bits per heavy atom. The lowest BCUT2D eigenvalue weighted by Crippen LogP contribution is -2.71. The van der Waals surface area contributed by atoms with E-state index in [1.807, 2.05) is 21.7 Å². The quantitative estimate of drug-likeness (QED) is 0.107. The minimum Gasteiger partial charge on any atom is -0.323 e. The maximum absolute atomic E-state index is 11.7. The lowest BCUT2D eigenvalue weighted by atomic mass is 9.69. The minimum absolute atomic E-state index is 0.580. The van der Waals surface area contributed by atoms with E-state index in [-0.39, 0.29) is 0 Å². The van der Waals surface area contributed by atoms with Crippen LogP contribution in [0.1, 0.15) is 25.7 Å². The molecule has 0 unspecified atom stereocenters. The summed E-state index contributed by atoms with van der Waals surface area (Å²) in [6, 6.07) is 0. The number of nitrogens with one attached hydrogen (secondary N) is 4. The molecule has 0 rings (SSSR count). The van der Waals surface area contributed by atoms with Gasteiger partial charge in [0, 0.05) is 25.7 Å². The fourth-order valence-corrected chi connectivity index (χ4v) is 2.18. The molecule has 4 amide bonds. The molecule has 14 nitrogen and oxygen atoms in total. The van der Waals surface area contributed by atoms with Crippen molar-refractivity contribution in [2.75, 3.05) is 0 Å². The number of hydrazine groups is 4. The summed E-state index contributed by atoms with van der Waals surface area (Å²) in [4.78, 5) is 46.7. The van der Waals surface area contributed by atoms with Crippen molar-refractivity contribution in [3.63, 3.8) is 0 Å². The van der Waals surface area contributed by atoms with Crippen molar-refractivity contribution in [3.05, 3.63) is 0 Å². The summed E-state index contributed by atoms with van der Waals surface area (Å²) in [5, 5.41) is 0. The molecule has 16 N–H and O–H groups in total. The van der Waals surface area contributed by atoms with Crippen LogP contribution in [0.2, 0.25) is 0 Å². The lowest BCUT2D eigenvalue weighted by Gasteiger charge is -2.44. The van der Waals surface area contributed by atoms with Crippen LogP contribution >= 0.6 is 0 Å². The van der Waals surface area contributed by atoms with E-state index < -0.39 is 60.4 Å². The van der Waals surface area contributed by atoms with Gasteiger partial charge in [0.1, 0.15) is 0 Å². The van der Waals surface area contributed by atoms with Gasteiger partial charge < -0.3 is 11.5 Å². The molecule has 0 fully saturated rings. The summed E-state index contributed by atoms with van der Waals surface area (Å²) in [6.07, 6.45) is -2.32. The molecule has 0 saturated heterocycles. The average molecular weight is 348 g/mol. The molecule has 0 heterocycles. The standard InChI is InChI=1S/C10H24N10O4/c11-9(1-5(21)17-13,2-6(22)18-14)10(12,3-7(23)19-15)4-8(24)20-16/h1-4,11-16H2,(H,17,21)(H,18,22)(H,19,23)(H,20,24). The molecular formula is C10H24N10O4. The Morgan fingerprint density at radius 2 is 0.708 bits per heavy atom. The van der Waals surface area contributed by atoms with Crippen molar-refractivity contribution >= 4 is 23.6 Å². The lowest BCUT2D eigenvalue weighted by molar-refractivity contribution is -0.132. The summed E-state index contributed by atoms with van der Waals surface area (Å²) < 4.78 is 0. The van der Waals surface area contributed by atoms with Gasteiger partial charge >= 0.3 is 0 Å². The third-order valence-electron chi connectivity index (χ3n) is 3.54. The molecule has 0 aromatic heterocycles. The molecule has 0 aliphatic heterocycles. The molecule has 138 valence electrons. The number of carbonyl (C=O) groups is 4. The van der Waals surface area contributed by atoms with Crippen molar-refractivity contribution in [2.45, 2.75) is 36.8 Å². The fraction of sp³-hybridized carbons (Fsp3) is 0.600.